The van der Waals surface area contributed by atoms with Gasteiger partial charge in [0.05, 0.1) is 5.75 Å². The zero-order valence-corrected chi connectivity index (χ0v) is 16.2. The van der Waals surface area contributed by atoms with Crippen LogP contribution in [0.2, 0.25) is 5.02 Å². The van der Waals surface area contributed by atoms with Gasteiger partial charge >= 0.3 is 0 Å². The Morgan fingerprint density at radius 3 is 2.69 bits per heavy atom. The van der Waals surface area contributed by atoms with E-state index in [1.807, 2.05) is 24.3 Å². The topological polar surface area (TPSA) is 85.8 Å². The average molecular weight is 394 g/mol. The molecule has 0 unspecified atom stereocenters. The maximum absolute atomic E-state index is 12.0. The fourth-order valence-electron chi connectivity index (χ4n) is 3.20. The maximum atomic E-state index is 12.0. The molecule has 1 aromatic heterocycles. The summed E-state index contributed by atoms with van der Waals surface area (Å²) in [6.45, 7) is 0.587. The average Bonchev–Trinajstić information content (AvgIpc) is 3.03. The van der Waals surface area contributed by atoms with E-state index in [4.69, 9.17) is 17.4 Å². The molecule has 0 bridgehead atoms. The van der Waals surface area contributed by atoms with Crippen LogP contribution in [0.25, 0.3) is 0 Å². The number of hydrogen-bond donors (Lipinski definition) is 2. The molecule has 1 heterocycles. The number of halogens is 1. The summed E-state index contributed by atoms with van der Waals surface area (Å²) in [5.74, 6) is 7.61. The lowest BCUT2D eigenvalue weighted by Gasteiger charge is -2.20. The van der Waals surface area contributed by atoms with E-state index < -0.39 is 0 Å². The van der Waals surface area contributed by atoms with Gasteiger partial charge in [-0.05, 0) is 37.0 Å². The molecular formula is C18H24ClN5OS. The number of thioether (sulfide) groups is 1. The van der Waals surface area contributed by atoms with Gasteiger partial charge in [-0.2, -0.15) is 0 Å². The van der Waals surface area contributed by atoms with Crippen LogP contribution in [0.5, 0.6) is 0 Å². The second kappa shape index (κ2) is 9.28. The molecule has 140 valence electrons. The summed E-state index contributed by atoms with van der Waals surface area (Å²) < 4.78 is 1.56. The van der Waals surface area contributed by atoms with Crippen LogP contribution < -0.4 is 11.2 Å². The predicted molar refractivity (Wildman–Crippen MR) is 105 cm³/mol. The van der Waals surface area contributed by atoms with Crippen molar-refractivity contribution in [2.75, 3.05) is 18.1 Å². The zero-order valence-electron chi connectivity index (χ0n) is 14.7. The summed E-state index contributed by atoms with van der Waals surface area (Å²) in [5.41, 5.74) is 1.14. The first-order valence-electron chi connectivity index (χ1n) is 8.98. The lowest BCUT2D eigenvalue weighted by atomic mass is 9.89. The molecule has 3 rings (SSSR count). The van der Waals surface area contributed by atoms with E-state index >= 15 is 0 Å². The number of nitrogens with zero attached hydrogens (tertiary/aromatic N) is 3. The van der Waals surface area contributed by atoms with E-state index in [2.05, 4.69) is 15.5 Å². The van der Waals surface area contributed by atoms with Crippen LogP contribution in [0.3, 0.4) is 0 Å². The molecule has 1 saturated carbocycles. The number of rotatable bonds is 7. The van der Waals surface area contributed by atoms with E-state index in [0.29, 0.717) is 22.6 Å². The maximum Gasteiger partial charge on any atom is 0.230 e. The summed E-state index contributed by atoms with van der Waals surface area (Å²) in [6.07, 6.45) is 6.72. The van der Waals surface area contributed by atoms with Crippen LogP contribution in [-0.4, -0.2) is 33.1 Å². The van der Waals surface area contributed by atoms with Crippen molar-refractivity contribution in [2.24, 2.45) is 0 Å². The zero-order chi connectivity index (χ0) is 18.4. The highest BCUT2D eigenvalue weighted by molar-refractivity contribution is 7.99. The Labute approximate surface area is 162 Å². The van der Waals surface area contributed by atoms with Gasteiger partial charge in [-0.1, -0.05) is 54.8 Å². The predicted octanol–water partition coefficient (Wildman–Crippen LogP) is 3.14. The monoisotopic (exact) mass is 393 g/mol. The first-order chi connectivity index (χ1) is 12.6. The van der Waals surface area contributed by atoms with E-state index in [9.17, 15) is 4.79 Å². The van der Waals surface area contributed by atoms with Crippen LogP contribution in [0.4, 0.5) is 0 Å². The van der Waals surface area contributed by atoms with Gasteiger partial charge in [0, 0.05) is 17.5 Å². The number of aromatic nitrogens is 3. The van der Waals surface area contributed by atoms with E-state index in [1.54, 1.807) is 4.68 Å². The molecular weight excluding hydrogens is 370 g/mol. The van der Waals surface area contributed by atoms with Crippen molar-refractivity contribution in [3.63, 3.8) is 0 Å². The Bertz CT molecular complexity index is 728. The number of nitrogen functional groups attached to an aromatic ring is 1. The molecule has 0 atom stereocenters. The minimum Gasteiger partial charge on any atom is -0.355 e. The Morgan fingerprint density at radius 2 is 1.96 bits per heavy atom. The Balaban J connectivity index is 1.42. The number of nitrogens with one attached hydrogen (secondary N) is 1. The van der Waals surface area contributed by atoms with E-state index in [1.165, 1.54) is 31.0 Å². The van der Waals surface area contributed by atoms with Crippen molar-refractivity contribution in [3.8, 4) is 0 Å². The first-order valence-corrected chi connectivity index (χ1v) is 10.3. The molecule has 3 N–H and O–H groups in total. The summed E-state index contributed by atoms with van der Waals surface area (Å²) in [5, 5.41) is 12.6. The third kappa shape index (κ3) is 5.14. The highest BCUT2D eigenvalue weighted by atomic mass is 35.5. The Kier molecular flexibility index (Phi) is 6.80. The number of hydrogen-bond acceptors (Lipinski definition) is 5. The summed E-state index contributed by atoms with van der Waals surface area (Å²) in [6, 6.07) is 7.64. The number of carbonyl (C=O) groups is 1. The van der Waals surface area contributed by atoms with E-state index in [0.717, 1.165) is 30.7 Å². The fourth-order valence-corrected chi connectivity index (χ4v) is 4.02. The molecule has 1 aromatic carbocycles. The molecule has 8 heteroatoms. The summed E-state index contributed by atoms with van der Waals surface area (Å²) in [7, 11) is 0. The van der Waals surface area contributed by atoms with Gasteiger partial charge in [0.25, 0.3) is 0 Å². The van der Waals surface area contributed by atoms with Crippen LogP contribution in [0, 0.1) is 0 Å². The molecule has 26 heavy (non-hydrogen) atoms. The van der Waals surface area contributed by atoms with E-state index in [-0.39, 0.29) is 11.7 Å². The lowest BCUT2D eigenvalue weighted by molar-refractivity contribution is -0.118. The largest absolute Gasteiger partial charge is 0.355 e. The highest BCUT2D eigenvalue weighted by Crippen LogP contribution is 2.32. The molecule has 1 aliphatic carbocycles. The summed E-state index contributed by atoms with van der Waals surface area (Å²) >= 11 is 7.19. The van der Waals surface area contributed by atoms with Gasteiger partial charge < -0.3 is 11.2 Å². The molecule has 1 fully saturated rings. The SMILES string of the molecule is Nn1c(SCC(=O)NCCc2ccc(Cl)cc2)nnc1C1CCCCC1. The standard InChI is InChI=1S/C18H24ClN5OS/c19-15-8-6-13(7-9-15)10-11-21-16(25)12-26-18-23-22-17(24(18)20)14-4-2-1-3-5-14/h6-9,14H,1-5,10-12,20H2,(H,21,25). The van der Waals surface area contributed by atoms with Crippen molar-refractivity contribution in [3.05, 3.63) is 40.7 Å². The van der Waals surface area contributed by atoms with Crippen molar-refractivity contribution in [2.45, 2.75) is 49.6 Å². The van der Waals surface area contributed by atoms with Gasteiger partial charge in [0.1, 0.15) is 0 Å². The second-order valence-corrected chi connectivity index (χ2v) is 7.94. The number of carbonyl (C=O) groups excluding carboxylic acids is 1. The number of amides is 1. The molecule has 6 nitrogen and oxygen atoms in total. The molecule has 0 spiro atoms. The lowest BCUT2D eigenvalue weighted by Crippen LogP contribution is -2.27. The second-order valence-electron chi connectivity index (χ2n) is 6.56. The van der Waals surface area contributed by atoms with Crippen LogP contribution in [-0.2, 0) is 11.2 Å². The molecule has 2 aromatic rings. The van der Waals surface area contributed by atoms with Crippen LogP contribution in [0.1, 0.15) is 49.4 Å². The van der Waals surface area contributed by atoms with Gasteiger partial charge in [-0.25, -0.2) is 4.68 Å². The van der Waals surface area contributed by atoms with Gasteiger partial charge in [0.2, 0.25) is 11.1 Å². The third-order valence-corrected chi connectivity index (χ3v) is 5.84. The fraction of sp³-hybridized carbons (Fsp3) is 0.500. The highest BCUT2D eigenvalue weighted by Gasteiger charge is 2.22. The Hall–Kier alpha value is -1.73. The smallest absolute Gasteiger partial charge is 0.230 e. The van der Waals surface area contributed by atoms with Crippen LogP contribution in [0.15, 0.2) is 29.4 Å². The molecule has 0 radical (unpaired) electrons. The number of benzene rings is 1. The Morgan fingerprint density at radius 1 is 1.23 bits per heavy atom. The third-order valence-electron chi connectivity index (χ3n) is 4.64. The van der Waals surface area contributed by atoms with Gasteiger partial charge in [-0.3, -0.25) is 4.79 Å². The normalized spacial score (nSPS) is 15.1. The quantitative estimate of drug-likeness (QED) is 0.557. The first kappa shape index (κ1) is 19.0. The minimum atomic E-state index is -0.0359. The minimum absolute atomic E-state index is 0.0359. The van der Waals surface area contributed by atoms with Crippen LogP contribution >= 0.6 is 23.4 Å². The van der Waals surface area contributed by atoms with Crippen molar-refractivity contribution in [1.82, 2.24) is 20.2 Å². The number of nitrogens with two attached hydrogens (primary N) is 1. The molecule has 0 aliphatic heterocycles. The van der Waals surface area contributed by atoms with Gasteiger partial charge in [-0.15, -0.1) is 10.2 Å². The molecule has 0 saturated heterocycles. The van der Waals surface area contributed by atoms with Crippen molar-refractivity contribution >= 4 is 29.3 Å². The summed E-state index contributed by atoms with van der Waals surface area (Å²) in [4.78, 5) is 12.0. The van der Waals surface area contributed by atoms with Crippen molar-refractivity contribution < 1.29 is 4.79 Å². The molecule has 1 aliphatic rings. The molecule has 1 amide bonds. The van der Waals surface area contributed by atoms with Crippen molar-refractivity contribution in [1.29, 1.82) is 0 Å². The van der Waals surface area contributed by atoms with Gasteiger partial charge in [0.15, 0.2) is 5.82 Å².